The van der Waals surface area contributed by atoms with E-state index in [1.54, 1.807) is 31.1 Å². The summed E-state index contributed by atoms with van der Waals surface area (Å²) in [6.45, 7) is 4.71. The van der Waals surface area contributed by atoms with Gasteiger partial charge in [0.05, 0.1) is 5.69 Å². The number of aliphatic carboxylic acids is 1. The van der Waals surface area contributed by atoms with Gasteiger partial charge in [-0.2, -0.15) is 0 Å². The molecule has 7 heteroatoms. The molecule has 4 rings (SSSR count). The van der Waals surface area contributed by atoms with Crippen molar-refractivity contribution in [3.05, 3.63) is 47.8 Å². The van der Waals surface area contributed by atoms with Crippen LogP contribution in [0.5, 0.6) is 0 Å². The monoisotopic (exact) mass is 396 g/mol. The van der Waals surface area contributed by atoms with E-state index in [0.29, 0.717) is 11.5 Å². The Morgan fingerprint density at radius 2 is 2.11 bits per heavy atom. The molecule has 0 bridgehead atoms. The average molecular weight is 397 g/mol. The molecule has 3 heterocycles. The lowest BCUT2D eigenvalue weighted by atomic mass is 9.92. The summed E-state index contributed by atoms with van der Waals surface area (Å²) in [4.78, 5) is 23.3. The van der Waals surface area contributed by atoms with Crippen LogP contribution in [0.3, 0.4) is 0 Å². The number of benzene rings is 1. The Morgan fingerprint density at radius 1 is 1.32 bits per heavy atom. The standard InChI is InChI=1S/C21H24N4O2S/c1-14(21(26)27)2-3-15-6-10-25(11-7-15)13-16-4-5-18-17(12-16)24-19-20(28-18)23-9-8-22-19/h2,4-5,8-9,12,15H,3,6-7,10-11,13H2,1H3,(H,22,24)(H,26,27). The molecule has 1 saturated heterocycles. The van der Waals surface area contributed by atoms with E-state index in [9.17, 15) is 4.79 Å². The quantitative estimate of drug-likeness (QED) is 0.622. The number of aromatic nitrogens is 2. The minimum absolute atomic E-state index is 0.452. The van der Waals surface area contributed by atoms with Gasteiger partial charge in [-0.25, -0.2) is 14.8 Å². The van der Waals surface area contributed by atoms with Crippen LogP contribution in [0, 0.1) is 5.92 Å². The van der Waals surface area contributed by atoms with Gasteiger partial charge in [0, 0.05) is 29.4 Å². The van der Waals surface area contributed by atoms with E-state index in [1.807, 2.05) is 6.08 Å². The van der Waals surface area contributed by atoms with E-state index in [2.05, 4.69) is 38.4 Å². The molecular weight excluding hydrogens is 372 g/mol. The maximum absolute atomic E-state index is 10.9. The molecule has 1 aromatic carbocycles. The van der Waals surface area contributed by atoms with Crippen LogP contribution in [0.2, 0.25) is 0 Å². The minimum atomic E-state index is -0.815. The highest BCUT2D eigenvalue weighted by atomic mass is 32.2. The molecule has 0 spiro atoms. The smallest absolute Gasteiger partial charge is 0.330 e. The van der Waals surface area contributed by atoms with Crippen molar-refractivity contribution in [2.24, 2.45) is 5.92 Å². The Hall–Kier alpha value is -2.38. The van der Waals surface area contributed by atoms with E-state index in [0.717, 1.165) is 55.4 Å². The maximum atomic E-state index is 10.9. The summed E-state index contributed by atoms with van der Waals surface area (Å²) in [7, 11) is 0. The number of carboxylic acids is 1. The molecule has 1 aromatic heterocycles. The first kappa shape index (κ1) is 19.0. The van der Waals surface area contributed by atoms with Crippen LogP contribution in [0.1, 0.15) is 31.7 Å². The van der Waals surface area contributed by atoms with Crippen molar-refractivity contribution in [1.29, 1.82) is 0 Å². The zero-order valence-corrected chi connectivity index (χ0v) is 16.7. The van der Waals surface area contributed by atoms with Crippen molar-refractivity contribution >= 4 is 29.2 Å². The predicted molar refractivity (Wildman–Crippen MR) is 110 cm³/mol. The summed E-state index contributed by atoms with van der Waals surface area (Å²) in [5.41, 5.74) is 2.84. The SMILES string of the molecule is CC(=CCC1CCN(Cc2ccc3c(c2)Nc2nccnc2S3)CC1)C(=O)O. The summed E-state index contributed by atoms with van der Waals surface area (Å²) >= 11 is 1.65. The highest BCUT2D eigenvalue weighted by molar-refractivity contribution is 7.99. The van der Waals surface area contributed by atoms with Gasteiger partial charge in [0.1, 0.15) is 5.03 Å². The number of rotatable bonds is 5. The fourth-order valence-corrected chi connectivity index (χ4v) is 4.53. The maximum Gasteiger partial charge on any atom is 0.330 e. The highest BCUT2D eigenvalue weighted by Gasteiger charge is 2.21. The van der Waals surface area contributed by atoms with Crippen LogP contribution in [0.15, 0.2) is 52.2 Å². The van der Waals surface area contributed by atoms with Crippen molar-refractivity contribution in [2.45, 2.75) is 42.7 Å². The van der Waals surface area contributed by atoms with Crippen molar-refractivity contribution in [1.82, 2.24) is 14.9 Å². The number of hydrogen-bond donors (Lipinski definition) is 2. The summed E-state index contributed by atoms with van der Waals surface area (Å²) in [5, 5.41) is 13.3. The topological polar surface area (TPSA) is 78.3 Å². The third kappa shape index (κ3) is 4.36. The van der Waals surface area contributed by atoms with Gasteiger partial charge in [-0.3, -0.25) is 4.90 Å². The number of fused-ring (bicyclic) bond motifs is 2. The first-order chi connectivity index (χ1) is 13.6. The van der Waals surface area contributed by atoms with Crippen LogP contribution in [0.25, 0.3) is 0 Å². The number of likely N-dealkylation sites (tertiary alicyclic amines) is 1. The number of allylic oxidation sites excluding steroid dienone is 1. The van der Waals surface area contributed by atoms with Gasteiger partial charge in [0.15, 0.2) is 5.82 Å². The Bertz CT molecular complexity index is 907. The Labute approximate surface area is 169 Å². The third-order valence-corrected chi connectivity index (χ3v) is 6.44. The molecule has 0 aliphatic carbocycles. The lowest BCUT2D eigenvalue weighted by Gasteiger charge is -2.32. The van der Waals surface area contributed by atoms with Crippen molar-refractivity contribution in [3.8, 4) is 0 Å². The Balaban J connectivity index is 1.33. The first-order valence-corrected chi connectivity index (χ1v) is 10.4. The van der Waals surface area contributed by atoms with Gasteiger partial charge in [0.2, 0.25) is 0 Å². The summed E-state index contributed by atoms with van der Waals surface area (Å²) in [5.74, 6) is 0.593. The molecule has 0 atom stereocenters. The second-order valence-corrected chi connectivity index (χ2v) is 8.45. The van der Waals surface area contributed by atoms with Gasteiger partial charge < -0.3 is 10.4 Å². The lowest BCUT2D eigenvalue weighted by Crippen LogP contribution is -2.33. The van der Waals surface area contributed by atoms with Gasteiger partial charge in [-0.15, -0.1) is 0 Å². The van der Waals surface area contributed by atoms with Gasteiger partial charge in [-0.05, 0) is 62.9 Å². The van der Waals surface area contributed by atoms with E-state index < -0.39 is 5.97 Å². The minimum Gasteiger partial charge on any atom is -0.478 e. The van der Waals surface area contributed by atoms with E-state index in [4.69, 9.17) is 5.11 Å². The molecule has 0 amide bonds. The number of nitrogens with one attached hydrogen (secondary N) is 1. The second-order valence-electron chi connectivity index (χ2n) is 7.42. The molecule has 28 heavy (non-hydrogen) atoms. The highest BCUT2D eigenvalue weighted by Crippen LogP contribution is 2.42. The number of piperidine rings is 1. The molecule has 2 aromatic rings. The van der Waals surface area contributed by atoms with E-state index >= 15 is 0 Å². The first-order valence-electron chi connectivity index (χ1n) is 9.59. The van der Waals surface area contributed by atoms with Gasteiger partial charge in [0.25, 0.3) is 0 Å². The summed E-state index contributed by atoms with van der Waals surface area (Å²) in [6, 6.07) is 6.57. The van der Waals surface area contributed by atoms with Crippen molar-refractivity contribution < 1.29 is 9.90 Å². The van der Waals surface area contributed by atoms with Crippen LogP contribution in [-0.2, 0) is 11.3 Å². The van der Waals surface area contributed by atoms with Crippen LogP contribution in [-0.4, -0.2) is 39.0 Å². The number of carboxylic acid groups (broad SMARTS) is 1. The number of anilines is 2. The van der Waals surface area contributed by atoms with Crippen molar-refractivity contribution in [2.75, 3.05) is 18.4 Å². The molecule has 0 radical (unpaired) electrons. The molecular formula is C21H24N4O2S. The lowest BCUT2D eigenvalue weighted by molar-refractivity contribution is -0.132. The molecule has 1 fully saturated rings. The van der Waals surface area contributed by atoms with Crippen LogP contribution < -0.4 is 5.32 Å². The van der Waals surface area contributed by atoms with Crippen LogP contribution in [0.4, 0.5) is 11.5 Å². The zero-order chi connectivity index (χ0) is 19.5. The predicted octanol–water partition coefficient (Wildman–Crippen LogP) is 4.32. The van der Waals surface area contributed by atoms with E-state index in [-0.39, 0.29) is 0 Å². The van der Waals surface area contributed by atoms with E-state index in [1.165, 1.54) is 10.5 Å². The number of nitrogens with zero attached hydrogens (tertiary/aromatic N) is 3. The molecule has 0 saturated carbocycles. The van der Waals surface area contributed by atoms with Gasteiger partial charge in [-0.1, -0.05) is 23.9 Å². The van der Waals surface area contributed by atoms with Crippen LogP contribution >= 0.6 is 11.8 Å². The van der Waals surface area contributed by atoms with Crippen molar-refractivity contribution in [3.63, 3.8) is 0 Å². The number of hydrogen-bond acceptors (Lipinski definition) is 6. The Morgan fingerprint density at radius 3 is 2.89 bits per heavy atom. The normalized spacial score (nSPS) is 17.5. The fourth-order valence-electron chi connectivity index (χ4n) is 3.65. The molecule has 0 unspecified atom stereocenters. The largest absolute Gasteiger partial charge is 0.478 e. The summed E-state index contributed by atoms with van der Waals surface area (Å²) in [6.07, 6.45) is 8.40. The third-order valence-electron chi connectivity index (χ3n) is 5.38. The molecule has 146 valence electrons. The average Bonchev–Trinajstić information content (AvgIpc) is 2.71. The fraction of sp³-hybridized carbons (Fsp3) is 0.381. The Kier molecular flexibility index (Phi) is 5.64. The second kappa shape index (κ2) is 8.32. The number of carbonyl (C=O) groups is 1. The molecule has 2 aliphatic rings. The van der Waals surface area contributed by atoms with Gasteiger partial charge >= 0.3 is 5.97 Å². The molecule has 6 nitrogen and oxygen atoms in total. The molecule has 2 aliphatic heterocycles. The zero-order valence-electron chi connectivity index (χ0n) is 15.9. The molecule has 2 N–H and O–H groups in total. The summed E-state index contributed by atoms with van der Waals surface area (Å²) < 4.78 is 0.